The Morgan fingerprint density at radius 3 is 2.57 bits per heavy atom. The van der Waals surface area contributed by atoms with Gasteiger partial charge in [0.2, 0.25) is 0 Å². The van der Waals surface area contributed by atoms with Crippen LogP contribution in [0.4, 0.5) is 13.2 Å². The summed E-state index contributed by atoms with van der Waals surface area (Å²) in [6.45, 7) is 1.96. The first-order valence-corrected chi connectivity index (χ1v) is 5.10. The van der Waals surface area contributed by atoms with Gasteiger partial charge in [-0.15, -0.1) is 11.3 Å². The monoisotopic (exact) mass is 224 g/mol. The Labute approximate surface area is 84.2 Å². The number of aryl methyl sites for hydroxylation is 1. The number of rotatable bonds is 3. The second kappa shape index (κ2) is 4.31. The van der Waals surface area contributed by atoms with Crippen LogP contribution in [-0.4, -0.2) is 11.3 Å². The maximum atomic E-state index is 12.1. The molecule has 1 atom stereocenters. The van der Waals surface area contributed by atoms with Gasteiger partial charge in [-0.3, -0.25) is 0 Å². The zero-order valence-electron chi connectivity index (χ0n) is 7.64. The summed E-state index contributed by atoms with van der Waals surface area (Å²) in [5.41, 5.74) is 0. The number of hydrogen-bond acceptors (Lipinski definition) is 2. The van der Waals surface area contributed by atoms with Gasteiger partial charge in [0.25, 0.3) is 0 Å². The summed E-state index contributed by atoms with van der Waals surface area (Å²) in [4.78, 5) is 0.853. The van der Waals surface area contributed by atoms with Crippen molar-refractivity contribution in [3.8, 4) is 0 Å². The van der Waals surface area contributed by atoms with Gasteiger partial charge in [0.15, 0.2) is 6.10 Å². The molecule has 0 spiro atoms. The molecule has 1 N–H and O–H groups in total. The number of thiophene rings is 1. The maximum Gasteiger partial charge on any atom is 0.419 e. The minimum atomic E-state index is -4.56. The van der Waals surface area contributed by atoms with E-state index in [2.05, 4.69) is 0 Å². The fraction of sp³-hybridized carbons (Fsp3) is 0.556. The minimum Gasteiger partial charge on any atom is -0.379 e. The molecule has 1 rings (SSSR count). The fourth-order valence-corrected chi connectivity index (χ4v) is 2.21. The lowest BCUT2D eigenvalue weighted by Crippen LogP contribution is -2.18. The van der Waals surface area contributed by atoms with E-state index in [9.17, 15) is 13.2 Å². The molecule has 5 heteroatoms. The van der Waals surface area contributed by atoms with Crippen LogP contribution in [0.2, 0.25) is 0 Å². The van der Waals surface area contributed by atoms with Crippen LogP contribution in [0.3, 0.4) is 0 Å². The van der Waals surface area contributed by atoms with E-state index in [0.717, 1.165) is 29.1 Å². The molecule has 0 saturated carbocycles. The molecule has 0 unspecified atom stereocenters. The van der Waals surface area contributed by atoms with Crippen molar-refractivity contribution in [2.45, 2.75) is 32.0 Å². The number of alkyl halides is 3. The van der Waals surface area contributed by atoms with Crippen LogP contribution in [0.25, 0.3) is 0 Å². The summed E-state index contributed by atoms with van der Waals surface area (Å²) in [6.07, 6.45) is -5.25. The van der Waals surface area contributed by atoms with E-state index in [0.29, 0.717) is 0 Å². The number of aliphatic hydroxyl groups is 1. The van der Waals surface area contributed by atoms with Gasteiger partial charge in [0, 0.05) is 9.75 Å². The average molecular weight is 224 g/mol. The Morgan fingerprint density at radius 1 is 1.43 bits per heavy atom. The fourth-order valence-electron chi connectivity index (χ4n) is 1.08. The first-order valence-electron chi connectivity index (χ1n) is 4.28. The SMILES string of the molecule is CCCc1ccc([C@H](O)C(F)(F)F)s1. The zero-order valence-corrected chi connectivity index (χ0v) is 8.45. The summed E-state index contributed by atoms with van der Waals surface area (Å²) in [7, 11) is 0. The summed E-state index contributed by atoms with van der Waals surface area (Å²) in [6, 6.07) is 2.98. The van der Waals surface area contributed by atoms with Gasteiger partial charge in [0.05, 0.1) is 0 Å². The molecule has 0 aromatic carbocycles. The third-order valence-electron chi connectivity index (χ3n) is 1.76. The van der Waals surface area contributed by atoms with Crippen LogP contribution in [-0.2, 0) is 6.42 Å². The Morgan fingerprint density at radius 2 is 2.07 bits per heavy atom. The molecule has 0 aliphatic rings. The van der Waals surface area contributed by atoms with Crippen molar-refractivity contribution >= 4 is 11.3 Å². The van der Waals surface area contributed by atoms with Crippen molar-refractivity contribution in [1.82, 2.24) is 0 Å². The molecule has 0 amide bonds. The Balaban J connectivity index is 2.76. The average Bonchev–Trinajstić information content (AvgIpc) is 2.50. The Kier molecular flexibility index (Phi) is 3.55. The van der Waals surface area contributed by atoms with Gasteiger partial charge in [-0.1, -0.05) is 13.3 Å². The topological polar surface area (TPSA) is 20.2 Å². The zero-order chi connectivity index (χ0) is 10.8. The molecule has 0 saturated heterocycles. The van der Waals surface area contributed by atoms with E-state index in [1.807, 2.05) is 6.92 Å². The molecule has 80 valence electrons. The van der Waals surface area contributed by atoms with Crippen molar-refractivity contribution in [3.05, 3.63) is 21.9 Å². The van der Waals surface area contributed by atoms with Crippen LogP contribution < -0.4 is 0 Å². The molecule has 0 radical (unpaired) electrons. The van der Waals surface area contributed by atoms with Crippen LogP contribution in [0.5, 0.6) is 0 Å². The van der Waals surface area contributed by atoms with Crippen molar-refractivity contribution in [2.75, 3.05) is 0 Å². The van der Waals surface area contributed by atoms with E-state index in [1.165, 1.54) is 6.07 Å². The van der Waals surface area contributed by atoms with Gasteiger partial charge in [-0.2, -0.15) is 13.2 Å². The van der Waals surface area contributed by atoms with Crippen molar-refractivity contribution in [1.29, 1.82) is 0 Å². The van der Waals surface area contributed by atoms with Crippen LogP contribution >= 0.6 is 11.3 Å². The molecule has 1 nitrogen and oxygen atoms in total. The van der Waals surface area contributed by atoms with E-state index in [4.69, 9.17) is 5.11 Å². The predicted molar refractivity (Wildman–Crippen MR) is 49.3 cm³/mol. The van der Waals surface area contributed by atoms with Crippen molar-refractivity contribution in [2.24, 2.45) is 0 Å². The predicted octanol–water partition coefficient (Wildman–Crippen LogP) is 3.30. The third kappa shape index (κ3) is 2.72. The van der Waals surface area contributed by atoms with Crippen LogP contribution in [0, 0.1) is 0 Å². The number of aliphatic hydroxyl groups excluding tert-OH is 1. The third-order valence-corrected chi connectivity index (χ3v) is 2.96. The van der Waals surface area contributed by atoms with Gasteiger partial charge in [0.1, 0.15) is 0 Å². The first kappa shape index (κ1) is 11.5. The highest BCUT2D eigenvalue weighted by molar-refractivity contribution is 7.12. The molecule has 0 aliphatic carbocycles. The second-order valence-corrected chi connectivity index (χ2v) is 4.20. The molecular formula is C9H11F3OS. The smallest absolute Gasteiger partial charge is 0.379 e. The van der Waals surface area contributed by atoms with Crippen molar-refractivity contribution < 1.29 is 18.3 Å². The highest BCUT2D eigenvalue weighted by atomic mass is 32.1. The van der Waals surface area contributed by atoms with Gasteiger partial charge >= 0.3 is 6.18 Å². The van der Waals surface area contributed by atoms with Crippen LogP contribution in [0.15, 0.2) is 12.1 Å². The molecule has 1 heterocycles. The highest BCUT2D eigenvalue weighted by Gasteiger charge is 2.40. The Hall–Kier alpha value is -0.550. The normalized spacial score (nSPS) is 14.4. The van der Waals surface area contributed by atoms with E-state index < -0.39 is 12.3 Å². The highest BCUT2D eigenvalue weighted by Crippen LogP contribution is 2.36. The van der Waals surface area contributed by atoms with E-state index in [-0.39, 0.29) is 4.88 Å². The lowest BCUT2D eigenvalue weighted by atomic mass is 10.2. The first-order chi connectivity index (χ1) is 6.45. The second-order valence-electron chi connectivity index (χ2n) is 3.00. The lowest BCUT2D eigenvalue weighted by molar-refractivity contribution is -0.205. The summed E-state index contributed by atoms with van der Waals surface area (Å²) < 4.78 is 36.3. The molecular weight excluding hydrogens is 213 g/mol. The minimum absolute atomic E-state index is 0.0269. The quantitative estimate of drug-likeness (QED) is 0.835. The van der Waals surface area contributed by atoms with Gasteiger partial charge in [-0.25, -0.2) is 0 Å². The van der Waals surface area contributed by atoms with E-state index >= 15 is 0 Å². The lowest BCUT2D eigenvalue weighted by Gasteiger charge is -2.11. The van der Waals surface area contributed by atoms with Crippen LogP contribution in [0.1, 0.15) is 29.2 Å². The number of hydrogen-bond donors (Lipinski definition) is 1. The molecule has 0 aliphatic heterocycles. The molecule has 14 heavy (non-hydrogen) atoms. The molecule has 0 fully saturated rings. The summed E-state index contributed by atoms with van der Waals surface area (Å²) in [5.74, 6) is 0. The largest absolute Gasteiger partial charge is 0.419 e. The molecule has 0 bridgehead atoms. The standard InChI is InChI=1S/C9H11F3OS/c1-2-3-6-4-5-7(14-6)8(13)9(10,11)12/h4-5,8,13H,2-3H2,1H3/t8-/m0/s1. The summed E-state index contributed by atoms with van der Waals surface area (Å²) >= 11 is 1.02. The number of halogens is 3. The maximum absolute atomic E-state index is 12.1. The Bertz CT molecular complexity index is 292. The summed E-state index contributed by atoms with van der Waals surface area (Å²) in [5, 5.41) is 8.92. The van der Waals surface area contributed by atoms with Gasteiger partial charge in [-0.05, 0) is 18.6 Å². The van der Waals surface area contributed by atoms with E-state index in [1.54, 1.807) is 6.07 Å². The van der Waals surface area contributed by atoms with Crippen molar-refractivity contribution in [3.63, 3.8) is 0 Å². The molecule has 1 aromatic rings. The van der Waals surface area contributed by atoms with Gasteiger partial charge < -0.3 is 5.11 Å². The molecule has 1 aromatic heterocycles.